The van der Waals surface area contributed by atoms with Crippen molar-refractivity contribution in [3.05, 3.63) is 97.0 Å². The number of nitriles is 1. The lowest BCUT2D eigenvalue weighted by molar-refractivity contribution is 0.102. The molecule has 32 heavy (non-hydrogen) atoms. The molecule has 0 atom stereocenters. The summed E-state index contributed by atoms with van der Waals surface area (Å²) in [6.07, 6.45) is 4.43. The number of rotatable bonds is 6. The smallest absolute Gasteiger partial charge is 0.329 e. The number of carbonyl (C=O) groups excluding carboxylic acids is 1. The summed E-state index contributed by atoms with van der Waals surface area (Å²) in [4.78, 5) is 45.4. The van der Waals surface area contributed by atoms with Crippen LogP contribution in [0.4, 0.5) is 5.82 Å². The van der Waals surface area contributed by atoms with Crippen LogP contribution < -0.4 is 17.0 Å². The largest absolute Gasteiger partial charge is 0.384 e. The van der Waals surface area contributed by atoms with Gasteiger partial charge in [0.2, 0.25) is 5.78 Å². The van der Waals surface area contributed by atoms with Crippen LogP contribution in [0.5, 0.6) is 0 Å². The number of aromatic amines is 1. The number of nitrogens with two attached hydrogens (primary N) is 1. The van der Waals surface area contributed by atoms with Crippen molar-refractivity contribution in [2.75, 3.05) is 5.73 Å². The van der Waals surface area contributed by atoms with Crippen LogP contribution in [0.2, 0.25) is 0 Å². The first-order chi connectivity index (χ1) is 15.2. The Kier molecular flexibility index (Phi) is 6.50. The summed E-state index contributed by atoms with van der Waals surface area (Å²) in [6, 6.07) is 10.4. The van der Waals surface area contributed by atoms with E-state index >= 15 is 0 Å². The molecule has 0 saturated heterocycles. The zero-order valence-electron chi connectivity index (χ0n) is 18.0. The molecule has 0 aliphatic heterocycles. The van der Waals surface area contributed by atoms with E-state index in [1.807, 2.05) is 19.1 Å². The van der Waals surface area contributed by atoms with Gasteiger partial charge in [0.25, 0.3) is 5.56 Å². The molecule has 2 heterocycles. The van der Waals surface area contributed by atoms with Gasteiger partial charge in [0.1, 0.15) is 11.5 Å². The van der Waals surface area contributed by atoms with Crippen molar-refractivity contribution >= 4 is 17.7 Å². The lowest BCUT2D eigenvalue weighted by Gasteiger charge is -2.18. The monoisotopic (exact) mass is 429 g/mol. The molecule has 0 bridgehead atoms. The van der Waals surface area contributed by atoms with Gasteiger partial charge in [-0.15, -0.1) is 0 Å². The summed E-state index contributed by atoms with van der Waals surface area (Å²) in [5, 5.41) is 8.81. The molecule has 2 aromatic heterocycles. The molecule has 0 fully saturated rings. The number of ketones is 1. The summed E-state index contributed by atoms with van der Waals surface area (Å²) in [5.41, 5.74) is 7.21. The minimum absolute atomic E-state index is 0.0324. The van der Waals surface area contributed by atoms with Crippen molar-refractivity contribution in [1.82, 2.24) is 14.5 Å². The average molecular weight is 429 g/mol. The number of nitrogen functional groups attached to an aromatic ring is 1. The fourth-order valence-electron chi connectivity index (χ4n) is 3.60. The molecule has 0 saturated carbocycles. The van der Waals surface area contributed by atoms with Gasteiger partial charge in [0.05, 0.1) is 12.6 Å². The third-order valence-electron chi connectivity index (χ3n) is 4.93. The lowest BCUT2D eigenvalue weighted by atomic mass is 9.95. The molecule has 3 N–H and O–H groups in total. The predicted octanol–water partition coefficient (Wildman–Crippen LogP) is 2.76. The van der Waals surface area contributed by atoms with Gasteiger partial charge in [-0.2, -0.15) is 5.26 Å². The minimum Gasteiger partial charge on any atom is -0.384 e. The number of anilines is 1. The maximum absolute atomic E-state index is 13.7. The van der Waals surface area contributed by atoms with Crippen LogP contribution in [-0.4, -0.2) is 20.3 Å². The predicted molar refractivity (Wildman–Crippen MR) is 122 cm³/mol. The molecule has 0 spiro atoms. The summed E-state index contributed by atoms with van der Waals surface area (Å²) in [7, 11) is 0. The van der Waals surface area contributed by atoms with Gasteiger partial charge in [-0.3, -0.25) is 19.1 Å². The molecule has 0 radical (unpaired) electrons. The Labute approximate surface area is 184 Å². The molecule has 1 aromatic carbocycles. The van der Waals surface area contributed by atoms with Crippen molar-refractivity contribution < 1.29 is 4.79 Å². The number of nitrogens with zero attached hydrogens (tertiary/aromatic N) is 3. The van der Waals surface area contributed by atoms with E-state index in [0.29, 0.717) is 16.7 Å². The average Bonchev–Trinajstić information content (AvgIpc) is 2.72. The Bertz CT molecular complexity index is 1370. The highest BCUT2D eigenvalue weighted by atomic mass is 16.2. The molecule has 0 aliphatic rings. The van der Waals surface area contributed by atoms with Crippen LogP contribution in [0.25, 0.3) is 6.08 Å². The molecule has 0 aliphatic carbocycles. The number of nitrogens with one attached hydrogen (secondary N) is 1. The topological polar surface area (TPSA) is 135 Å². The number of allylic oxidation sites excluding steroid dienone is 1. The molecule has 3 rings (SSSR count). The Morgan fingerprint density at radius 2 is 2.03 bits per heavy atom. The molecule has 8 heteroatoms. The number of hydrogen-bond donors (Lipinski definition) is 2. The normalized spacial score (nSPS) is 11.1. The van der Waals surface area contributed by atoms with E-state index in [-0.39, 0.29) is 29.5 Å². The van der Waals surface area contributed by atoms with Gasteiger partial charge in [-0.25, -0.2) is 9.78 Å². The van der Waals surface area contributed by atoms with Crippen molar-refractivity contribution in [2.45, 2.75) is 33.2 Å². The van der Waals surface area contributed by atoms with Crippen molar-refractivity contribution in [3.63, 3.8) is 0 Å². The Morgan fingerprint density at radius 3 is 2.69 bits per heavy atom. The molecular weight excluding hydrogens is 406 g/mol. The summed E-state index contributed by atoms with van der Waals surface area (Å²) in [6.45, 7) is 5.44. The lowest BCUT2D eigenvalue weighted by Crippen LogP contribution is -2.38. The first-order valence-corrected chi connectivity index (χ1v) is 10.0. The molecule has 0 unspecified atom stereocenters. The Balaban J connectivity index is 2.26. The zero-order chi connectivity index (χ0) is 23.4. The van der Waals surface area contributed by atoms with E-state index in [1.165, 1.54) is 16.8 Å². The third-order valence-corrected chi connectivity index (χ3v) is 4.93. The number of hydrogen-bond acceptors (Lipinski definition) is 6. The number of aromatic nitrogens is 3. The highest BCUT2D eigenvalue weighted by Gasteiger charge is 2.25. The number of pyridine rings is 1. The number of carbonyl (C=O) groups is 1. The van der Waals surface area contributed by atoms with Gasteiger partial charge in [-0.05, 0) is 59.9 Å². The molecule has 162 valence electrons. The summed E-state index contributed by atoms with van der Waals surface area (Å²) >= 11 is 0. The van der Waals surface area contributed by atoms with Gasteiger partial charge in [0.15, 0.2) is 0 Å². The fraction of sp³-hybridized carbons (Fsp3) is 0.208. The van der Waals surface area contributed by atoms with Gasteiger partial charge >= 0.3 is 5.69 Å². The highest BCUT2D eigenvalue weighted by molar-refractivity contribution is 6.09. The van der Waals surface area contributed by atoms with E-state index in [4.69, 9.17) is 11.0 Å². The Morgan fingerprint density at radius 1 is 1.28 bits per heavy atom. The fourth-order valence-corrected chi connectivity index (χ4v) is 3.60. The number of benzene rings is 1. The number of aryl methyl sites for hydroxylation is 1. The van der Waals surface area contributed by atoms with Crippen LogP contribution >= 0.6 is 0 Å². The Hall–Kier alpha value is -4.25. The minimum atomic E-state index is -0.685. The third kappa shape index (κ3) is 4.73. The molecule has 3 aromatic rings. The zero-order valence-corrected chi connectivity index (χ0v) is 18.0. The standard InChI is InChI=1S/C24H23N5O3/c1-14(2)20-21(22(30)18-10-15(3)9-16(11-18)5-4-7-25)29(24(32)28-23(20)31)13-17-6-8-27-19(26)12-17/h4-6,8-12,14H,13H2,1-3H3,(H2,26,27)(H,28,31,32). The summed E-state index contributed by atoms with van der Waals surface area (Å²) < 4.78 is 1.26. The first-order valence-electron chi connectivity index (χ1n) is 10.0. The van der Waals surface area contributed by atoms with Gasteiger partial charge in [-0.1, -0.05) is 19.9 Å². The van der Waals surface area contributed by atoms with Crippen LogP contribution in [0.1, 0.15) is 58.1 Å². The second-order valence-corrected chi connectivity index (χ2v) is 7.78. The van der Waals surface area contributed by atoms with Gasteiger partial charge < -0.3 is 5.73 Å². The van der Waals surface area contributed by atoms with Crippen molar-refractivity contribution in [1.29, 1.82) is 5.26 Å². The van der Waals surface area contributed by atoms with Crippen LogP contribution in [-0.2, 0) is 6.54 Å². The highest BCUT2D eigenvalue weighted by Crippen LogP contribution is 2.21. The van der Waals surface area contributed by atoms with E-state index < -0.39 is 17.0 Å². The molecule has 8 nitrogen and oxygen atoms in total. The molecular formula is C24H23N5O3. The van der Waals surface area contributed by atoms with Crippen molar-refractivity contribution in [3.8, 4) is 6.07 Å². The quantitative estimate of drug-likeness (QED) is 0.457. The summed E-state index contributed by atoms with van der Waals surface area (Å²) in [5.74, 6) is -0.478. The number of H-pyrrole nitrogens is 1. The second kappa shape index (κ2) is 9.27. The maximum Gasteiger partial charge on any atom is 0.329 e. The van der Waals surface area contributed by atoms with E-state index in [9.17, 15) is 14.4 Å². The van der Waals surface area contributed by atoms with E-state index in [2.05, 4.69) is 9.97 Å². The maximum atomic E-state index is 13.7. The van der Waals surface area contributed by atoms with E-state index in [1.54, 1.807) is 44.2 Å². The van der Waals surface area contributed by atoms with Crippen molar-refractivity contribution in [2.24, 2.45) is 0 Å². The van der Waals surface area contributed by atoms with Gasteiger partial charge in [0, 0.05) is 23.4 Å². The second-order valence-electron chi connectivity index (χ2n) is 7.78. The van der Waals surface area contributed by atoms with Crippen LogP contribution in [0.3, 0.4) is 0 Å². The first kappa shape index (κ1) is 22.4. The van der Waals surface area contributed by atoms with Crippen LogP contribution in [0.15, 0.2) is 52.2 Å². The molecule has 0 amide bonds. The van der Waals surface area contributed by atoms with E-state index in [0.717, 1.165) is 5.56 Å². The van der Waals surface area contributed by atoms with Crippen LogP contribution in [0, 0.1) is 18.3 Å². The SMILES string of the molecule is Cc1cc(C=CC#N)cc(C(=O)c2c(C(C)C)c(=O)[nH]c(=O)n2Cc2ccnc(N)c2)c1.